The minimum Gasteiger partial charge on any atom is -0.381 e. The topological polar surface area (TPSA) is 24.9 Å². The van der Waals surface area contributed by atoms with Crippen molar-refractivity contribution in [3.05, 3.63) is 24.3 Å². The van der Waals surface area contributed by atoms with Crippen molar-refractivity contribution in [1.29, 1.82) is 0 Å². The summed E-state index contributed by atoms with van der Waals surface area (Å²) >= 11 is 0. The van der Waals surface area contributed by atoms with Crippen LogP contribution >= 0.6 is 0 Å². The van der Waals surface area contributed by atoms with E-state index in [2.05, 4.69) is 17.2 Å². The first-order valence-electron chi connectivity index (χ1n) is 6.14. The summed E-state index contributed by atoms with van der Waals surface area (Å²) in [6, 6.07) is 3.60. The van der Waals surface area contributed by atoms with Gasteiger partial charge in [-0.1, -0.05) is 19.3 Å². The maximum absolute atomic E-state index is 12.6. The first-order valence-corrected chi connectivity index (χ1v) is 6.14. The zero-order valence-electron chi connectivity index (χ0n) is 9.75. The average molecular weight is 222 g/mol. The van der Waals surface area contributed by atoms with Crippen LogP contribution in [-0.2, 0) is 0 Å². The fourth-order valence-corrected chi connectivity index (χ4v) is 2.48. The van der Waals surface area contributed by atoms with Crippen molar-refractivity contribution in [2.75, 3.05) is 5.32 Å². The molecular formula is C13H19FN2. The quantitative estimate of drug-likeness (QED) is 0.790. The third-order valence-electron chi connectivity index (χ3n) is 3.48. The van der Waals surface area contributed by atoms with Crippen LogP contribution in [0.25, 0.3) is 0 Å². The molecule has 1 aromatic heterocycles. The van der Waals surface area contributed by atoms with E-state index in [1.54, 1.807) is 12.3 Å². The molecule has 1 atom stereocenters. The van der Waals surface area contributed by atoms with Crippen LogP contribution in [0.3, 0.4) is 0 Å². The Balaban J connectivity index is 1.90. The monoisotopic (exact) mass is 222 g/mol. The fourth-order valence-electron chi connectivity index (χ4n) is 2.48. The van der Waals surface area contributed by atoms with Crippen molar-refractivity contribution in [2.24, 2.45) is 5.92 Å². The van der Waals surface area contributed by atoms with Gasteiger partial charge in [-0.15, -0.1) is 0 Å². The molecule has 0 aromatic carbocycles. The van der Waals surface area contributed by atoms with Gasteiger partial charge in [-0.2, -0.15) is 4.39 Å². The molecule has 2 nitrogen and oxygen atoms in total. The Morgan fingerprint density at radius 3 is 2.69 bits per heavy atom. The summed E-state index contributed by atoms with van der Waals surface area (Å²) in [6.45, 7) is 2.21. The molecule has 1 saturated carbocycles. The summed E-state index contributed by atoms with van der Waals surface area (Å²) in [6.07, 6.45) is 8.25. The second-order valence-electron chi connectivity index (χ2n) is 4.70. The number of hydrogen-bond acceptors (Lipinski definition) is 2. The molecule has 88 valence electrons. The molecule has 1 fully saturated rings. The lowest BCUT2D eigenvalue weighted by molar-refractivity contribution is 0.328. The summed E-state index contributed by atoms with van der Waals surface area (Å²) in [4.78, 5) is 3.65. The van der Waals surface area contributed by atoms with E-state index < -0.39 is 5.95 Å². The summed E-state index contributed by atoms with van der Waals surface area (Å²) in [5, 5.41) is 3.41. The van der Waals surface area contributed by atoms with E-state index >= 15 is 0 Å². The Morgan fingerprint density at radius 2 is 2.06 bits per heavy atom. The van der Waals surface area contributed by atoms with Gasteiger partial charge in [0.25, 0.3) is 0 Å². The van der Waals surface area contributed by atoms with E-state index in [1.165, 1.54) is 38.2 Å². The molecule has 1 aliphatic carbocycles. The Hall–Kier alpha value is -1.12. The van der Waals surface area contributed by atoms with E-state index in [4.69, 9.17) is 0 Å². The van der Waals surface area contributed by atoms with Crippen LogP contribution in [0.2, 0.25) is 0 Å². The third-order valence-corrected chi connectivity index (χ3v) is 3.48. The lowest BCUT2D eigenvalue weighted by atomic mass is 9.84. The summed E-state index contributed by atoms with van der Waals surface area (Å²) < 4.78 is 12.6. The van der Waals surface area contributed by atoms with E-state index in [0.29, 0.717) is 6.04 Å². The summed E-state index contributed by atoms with van der Waals surface area (Å²) in [5.74, 6) is 0.328. The maximum atomic E-state index is 12.6. The molecule has 0 bridgehead atoms. The molecule has 0 amide bonds. The number of halogens is 1. The average Bonchev–Trinajstić information content (AvgIpc) is 2.33. The van der Waals surface area contributed by atoms with Crippen molar-refractivity contribution < 1.29 is 4.39 Å². The molecular weight excluding hydrogens is 203 g/mol. The zero-order chi connectivity index (χ0) is 11.4. The molecule has 0 saturated heterocycles. The van der Waals surface area contributed by atoms with E-state index in [1.807, 2.05) is 0 Å². The van der Waals surface area contributed by atoms with Gasteiger partial charge < -0.3 is 5.32 Å². The van der Waals surface area contributed by atoms with Crippen LogP contribution in [0.4, 0.5) is 10.1 Å². The number of hydrogen-bond donors (Lipinski definition) is 1. The maximum Gasteiger partial charge on any atom is 0.212 e. The normalized spacial score (nSPS) is 19.4. The van der Waals surface area contributed by atoms with Gasteiger partial charge in [0.1, 0.15) is 0 Å². The lowest BCUT2D eigenvalue weighted by Gasteiger charge is -2.28. The Kier molecular flexibility index (Phi) is 3.75. The zero-order valence-corrected chi connectivity index (χ0v) is 9.75. The Labute approximate surface area is 96.3 Å². The standard InChI is InChI=1S/C13H19FN2/c1-10(11-5-3-2-4-6-11)16-12-7-8-13(14)15-9-12/h7-11,16H,2-6H2,1H3. The number of anilines is 1. The van der Waals surface area contributed by atoms with Gasteiger partial charge in [-0.3, -0.25) is 0 Å². The van der Waals surface area contributed by atoms with E-state index in [0.717, 1.165) is 11.6 Å². The molecule has 1 unspecified atom stereocenters. The van der Waals surface area contributed by atoms with Crippen molar-refractivity contribution in [1.82, 2.24) is 4.98 Å². The molecule has 0 radical (unpaired) electrons. The van der Waals surface area contributed by atoms with Gasteiger partial charge in [0.2, 0.25) is 5.95 Å². The molecule has 1 aliphatic rings. The number of rotatable bonds is 3. The molecule has 1 aromatic rings. The molecule has 3 heteroatoms. The minimum absolute atomic E-state index is 0.420. The molecule has 1 heterocycles. The van der Waals surface area contributed by atoms with Crippen LogP contribution in [0.1, 0.15) is 39.0 Å². The van der Waals surface area contributed by atoms with Crippen LogP contribution < -0.4 is 5.32 Å². The van der Waals surface area contributed by atoms with Crippen LogP contribution in [0, 0.1) is 11.9 Å². The third kappa shape index (κ3) is 2.94. The van der Waals surface area contributed by atoms with Crippen LogP contribution in [-0.4, -0.2) is 11.0 Å². The molecule has 0 aliphatic heterocycles. The number of pyridine rings is 1. The second-order valence-corrected chi connectivity index (χ2v) is 4.70. The van der Waals surface area contributed by atoms with Gasteiger partial charge in [0, 0.05) is 6.04 Å². The highest BCUT2D eigenvalue weighted by Gasteiger charge is 2.19. The molecule has 0 spiro atoms. The van der Waals surface area contributed by atoms with Crippen molar-refractivity contribution in [2.45, 2.75) is 45.1 Å². The number of nitrogens with zero attached hydrogens (tertiary/aromatic N) is 1. The Morgan fingerprint density at radius 1 is 1.31 bits per heavy atom. The minimum atomic E-state index is -0.420. The van der Waals surface area contributed by atoms with E-state index in [9.17, 15) is 4.39 Å². The predicted octanol–water partition coefficient (Wildman–Crippen LogP) is 3.60. The van der Waals surface area contributed by atoms with Gasteiger partial charge >= 0.3 is 0 Å². The van der Waals surface area contributed by atoms with Crippen LogP contribution in [0.5, 0.6) is 0 Å². The van der Waals surface area contributed by atoms with Crippen molar-refractivity contribution in [3.8, 4) is 0 Å². The number of aromatic nitrogens is 1. The number of nitrogens with one attached hydrogen (secondary N) is 1. The van der Waals surface area contributed by atoms with E-state index in [-0.39, 0.29) is 0 Å². The summed E-state index contributed by atoms with van der Waals surface area (Å²) in [7, 11) is 0. The summed E-state index contributed by atoms with van der Waals surface area (Å²) in [5.41, 5.74) is 0.916. The van der Waals surface area contributed by atoms with Crippen molar-refractivity contribution >= 4 is 5.69 Å². The van der Waals surface area contributed by atoms with Gasteiger partial charge in [0.05, 0.1) is 11.9 Å². The highest BCUT2D eigenvalue weighted by atomic mass is 19.1. The smallest absolute Gasteiger partial charge is 0.212 e. The van der Waals surface area contributed by atoms with Gasteiger partial charge in [0.15, 0.2) is 0 Å². The first kappa shape index (κ1) is 11.4. The molecule has 1 N–H and O–H groups in total. The second kappa shape index (κ2) is 5.28. The first-order chi connectivity index (χ1) is 7.75. The van der Waals surface area contributed by atoms with Gasteiger partial charge in [-0.25, -0.2) is 4.98 Å². The highest BCUT2D eigenvalue weighted by Crippen LogP contribution is 2.27. The highest BCUT2D eigenvalue weighted by molar-refractivity contribution is 5.40. The van der Waals surface area contributed by atoms with Gasteiger partial charge in [-0.05, 0) is 37.8 Å². The Bertz CT molecular complexity index is 317. The van der Waals surface area contributed by atoms with Crippen LogP contribution in [0.15, 0.2) is 18.3 Å². The SMILES string of the molecule is CC(Nc1ccc(F)nc1)C1CCCCC1. The predicted molar refractivity (Wildman–Crippen MR) is 63.9 cm³/mol. The largest absolute Gasteiger partial charge is 0.381 e. The lowest BCUT2D eigenvalue weighted by Crippen LogP contribution is -2.27. The molecule has 16 heavy (non-hydrogen) atoms. The fraction of sp³-hybridized carbons (Fsp3) is 0.615. The molecule has 2 rings (SSSR count). The van der Waals surface area contributed by atoms with Crippen molar-refractivity contribution in [3.63, 3.8) is 0 Å².